The van der Waals surface area contributed by atoms with Crippen molar-refractivity contribution >= 4 is 23.1 Å². The lowest BCUT2D eigenvalue weighted by atomic mass is 9.94. The molecule has 37 heavy (non-hydrogen) atoms. The number of Topliss-reactive ketones (excluding diaryl/α,β-unsaturated/α-hetero) is 1. The van der Waals surface area contributed by atoms with Crippen molar-refractivity contribution in [2.75, 3.05) is 24.7 Å². The van der Waals surface area contributed by atoms with Crippen molar-refractivity contribution in [1.82, 2.24) is 0 Å². The predicted molar refractivity (Wildman–Crippen MR) is 142 cm³/mol. The number of carbonyl (C=O) groups excluding carboxylic acids is 2. The topological polar surface area (TPSA) is 85.3 Å². The Labute approximate surface area is 216 Å². The summed E-state index contributed by atoms with van der Waals surface area (Å²) in [6.07, 6.45) is 0. The number of aryl methyl sites for hydroxylation is 1. The lowest BCUT2D eigenvalue weighted by molar-refractivity contribution is -0.132. The van der Waals surface area contributed by atoms with Crippen molar-refractivity contribution in [3.63, 3.8) is 0 Å². The number of anilines is 1. The Morgan fingerprint density at radius 2 is 1.49 bits per heavy atom. The number of amides is 1. The minimum Gasteiger partial charge on any atom is -0.507 e. The molecule has 0 radical (unpaired) electrons. The number of rotatable bonds is 9. The van der Waals surface area contributed by atoms with Crippen LogP contribution in [0, 0.1) is 6.92 Å². The average molecular weight is 502 g/mol. The lowest BCUT2D eigenvalue weighted by Crippen LogP contribution is -2.29. The van der Waals surface area contributed by atoms with Gasteiger partial charge in [0.15, 0.2) is 0 Å². The first-order valence-corrected chi connectivity index (χ1v) is 12.4. The molecule has 0 spiro atoms. The third kappa shape index (κ3) is 5.16. The van der Waals surface area contributed by atoms with E-state index in [1.165, 1.54) is 4.90 Å². The van der Waals surface area contributed by atoms with Crippen molar-refractivity contribution in [3.05, 3.63) is 89.0 Å². The Balaban J connectivity index is 1.92. The van der Waals surface area contributed by atoms with Gasteiger partial charge in [0.25, 0.3) is 11.7 Å². The highest BCUT2D eigenvalue weighted by molar-refractivity contribution is 6.51. The maximum atomic E-state index is 13.5. The van der Waals surface area contributed by atoms with Crippen LogP contribution in [0.15, 0.2) is 72.3 Å². The number of aliphatic hydroxyl groups is 1. The molecule has 0 aliphatic carbocycles. The molecule has 1 aliphatic heterocycles. The summed E-state index contributed by atoms with van der Waals surface area (Å²) < 4.78 is 16.9. The number of nitrogens with zero attached hydrogens (tertiary/aromatic N) is 1. The normalized spacial score (nSPS) is 16.6. The molecule has 3 aromatic rings. The van der Waals surface area contributed by atoms with E-state index in [1.807, 2.05) is 45.9 Å². The molecule has 1 unspecified atom stereocenters. The van der Waals surface area contributed by atoms with Crippen molar-refractivity contribution in [2.24, 2.45) is 0 Å². The van der Waals surface area contributed by atoms with Crippen LogP contribution in [0.5, 0.6) is 17.2 Å². The van der Waals surface area contributed by atoms with Crippen molar-refractivity contribution in [2.45, 2.75) is 33.7 Å². The second-order valence-corrected chi connectivity index (χ2v) is 8.53. The quantitative estimate of drug-likeness (QED) is 0.226. The molecular weight excluding hydrogens is 470 g/mol. The minimum atomic E-state index is -0.849. The fourth-order valence-electron chi connectivity index (χ4n) is 4.48. The summed E-state index contributed by atoms with van der Waals surface area (Å²) in [6, 6.07) is 18.7. The zero-order valence-corrected chi connectivity index (χ0v) is 21.5. The molecule has 3 aromatic carbocycles. The van der Waals surface area contributed by atoms with Crippen LogP contribution >= 0.6 is 0 Å². The summed E-state index contributed by atoms with van der Waals surface area (Å²) >= 11 is 0. The zero-order chi connectivity index (χ0) is 26.5. The molecule has 1 N–H and O–H groups in total. The molecule has 1 aliphatic rings. The molecule has 7 nitrogen and oxygen atoms in total. The van der Waals surface area contributed by atoms with Gasteiger partial charge in [-0.05, 0) is 75.2 Å². The van der Waals surface area contributed by atoms with Gasteiger partial charge < -0.3 is 19.3 Å². The molecule has 0 aromatic heterocycles. The molecule has 0 bridgehead atoms. The molecule has 0 saturated carbocycles. The first kappa shape index (κ1) is 25.8. The van der Waals surface area contributed by atoms with Gasteiger partial charge in [-0.3, -0.25) is 14.5 Å². The largest absolute Gasteiger partial charge is 0.507 e. The third-order valence-corrected chi connectivity index (χ3v) is 6.05. The second-order valence-electron chi connectivity index (χ2n) is 8.53. The van der Waals surface area contributed by atoms with Gasteiger partial charge in [0.2, 0.25) is 0 Å². The maximum Gasteiger partial charge on any atom is 0.300 e. The number of ether oxygens (including phenoxy) is 3. The Morgan fingerprint density at radius 3 is 2.14 bits per heavy atom. The summed E-state index contributed by atoms with van der Waals surface area (Å²) in [5.74, 6) is -0.184. The van der Waals surface area contributed by atoms with E-state index in [0.29, 0.717) is 53.9 Å². The fourth-order valence-corrected chi connectivity index (χ4v) is 4.48. The summed E-state index contributed by atoms with van der Waals surface area (Å²) in [5, 5.41) is 11.6. The zero-order valence-electron chi connectivity index (χ0n) is 21.5. The predicted octanol–water partition coefficient (Wildman–Crippen LogP) is 5.82. The first-order chi connectivity index (χ1) is 17.9. The van der Waals surface area contributed by atoms with Crippen molar-refractivity contribution < 1.29 is 28.9 Å². The van der Waals surface area contributed by atoms with Crippen LogP contribution < -0.4 is 19.1 Å². The molecule has 1 atom stereocenters. The molecule has 1 saturated heterocycles. The summed E-state index contributed by atoms with van der Waals surface area (Å²) in [7, 11) is 0. The lowest BCUT2D eigenvalue weighted by Gasteiger charge is -2.26. The van der Waals surface area contributed by atoms with Crippen LogP contribution in [0.25, 0.3) is 5.76 Å². The van der Waals surface area contributed by atoms with E-state index < -0.39 is 17.7 Å². The third-order valence-electron chi connectivity index (χ3n) is 6.05. The Morgan fingerprint density at radius 1 is 0.838 bits per heavy atom. The maximum absolute atomic E-state index is 13.5. The smallest absolute Gasteiger partial charge is 0.300 e. The average Bonchev–Trinajstić information content (AvgIpc) is 3.15. The highest BCUT2D eigenvalue weighted by Gasteiger charge is 2.47. The van der Waals surface area contributed by atoms with Gasteiger partial charge in [0.05, 0.1) is 37.0 Å². The monoisotopic (exact) mass is 501 g/mol. The Hall–Kier alpha value is -4.26. The van der Waals surface area contributed by atoms with Crippen molar-refractivity contribution in [3.8, 4) is 17.2 Å². The van der Waals surface area contributed by atoms with Gasteiger partial charge in [-0.2, -0.15) is 0 Å². The molecule has 7 heteroatoms. The van der Waals surface area contributed by atoms with Gasteiger partial charge in [0, 0.05) is 11.8 Å². The van der Waals surface area contributed by atoms with Crippen LogP contribution in [0.4, 0.5) is 5.69 Å². The molecule has 1 heterocycles. The van der Waals surface area contributed by atoms with Gasteiger partial charge in [-0.25, -0.2) is 0 Å². The Kier molecular flexibility index (Phi) is 7.82. The van der Waals surface area contributed by atoms with E-state index in [9.17, 15) is 14.7 Å². The molecule has 4 rings (SSSR count). The van der Waals surface area contributed by atoms with E-state index in [0.717, 1.165) is 5.56 Å². The van der Waals surface area contributed by atoms with Gasteiger partial charge in [-0.1, -0.05) is 24.3 Å². The van der Waals surface area contributed by atoms with E-state index in [1.54, 1.807) is 48.5 Å². The minimum absolute atomic E-state index is 0.0132. The van der Waals surface area contributed by atoms with E-state index in [4.69, 9.17) is 14.2 Å². The summed E-state index contributed by atoms with van der Waals surface area (Å²) in [5.41, 5.74) is 2.46. The number of benzene rings is 3. The first-order valence-electron chi connectivity index (χ1n) is 12.4. The van der Waals surface area contributed by atoms with E-state index in [-0.39, 0.29) is 11.3 Å². The number of hydrogen-bond acceptors (Lipinski definition) is 6. The molecule has 192 valence electrons. The molecule has 1 amide bonds. The number of hydrogen-bond donors (Lipinski definition) is 1. The highest BCUT2D eigenvalue weighted by Crippen LogP contribution is 2.44. The fraction of sp³-hybridized carbons (Fsp3) is 0.267. The van der Waals surface area contributed by atoms with E-state index >= 15 is 0 Å². The van der Waals surface area contributed by atoms with Crippen LogP contribution in [-0.4, -0.2) is 36.6 Å². The summed E-state index contributed by atoms with van der Waals surface area (Å²) in [6.45, 7) is 8.84. The van der Waals surface area contributed by atoms with E-state index in [2.05, 4.69) is 0 Å². The second kappa shape index (κ2) is 11.2. The van der Waals surface area contributed by atoms with Gasteiger partial charge >= 0.3 is 0 Å². The molecular formula is C30H31NO6. The van der Waals surface area contributed by atoms with Crippen molar-refractivity contribution in [1.29, 1.82) is 0 Å². The number of ketones is 1. The van der Waals surface area contributed by atoms with Crippen LogP contribution in [0.2, 0.25) is 0 Å². The van der Waals surface area contributed by atoms with Gasteiger partial charge in [-0.15, -0.1) is 0 Å². The molecule has 1 fully saturated rings. The van der Waals surface area contributed by atoms with Crippen LogP contribution in [0.1, 0.15) is 43.5 Å². The number of aliphatic hydroxyl groups excluding tert-OH is 1. The van der Waals surface area contributed by atoms with Crippen LogP contribution in [-0.2, 0) is 9.59 Å². The SMILES string of the molecule is CCOc1ccc(C2/C(=C(/O)c3ccc(OCC)cc3OCC)C(=O)C(=O)N2c2cccc(C)c2)cc1. The highest BCUT2D eigenvalue weighted by atomic mass is 16.5. The standard InChI is InChI=1S/C30H31NO6/c1-5-35-22-13-11-20(12-14-22)27-26(29(33)30(34)31(27)21-10-8-9-19(4)17-21)28(32)24-16-15-23(36-6-2)18-25(24)37-7-3/h8-18,27,32H,5-7H2,1-4H3/b28-26-. The van der Waals surface area contributed by atoms with Gasteiger partial charge in [0.1, 0.15) is 23.0 Å². The number of carbonyl (C=O) groups is 2. The summed E-state index contributed by atoms with van der Waals surface area (Å²) in [4.78, 5) is 28.3. The van der Waals surface area contributed by atoms with Crippen LogP contribution in [0.3, 0.4) is 0 Å². The Bertz CT molecular complexity index is 1330.